The predicted octanol–water partition coefficient (Wildman–Crippen LogP) is 1.47. The predicted molar refractivity (Wildman–Crippen MR) is 55.0 cm³/mol. The Bertz CT molecular complexity index is 382. The molecule has 5 heteroatoms. The van der Waals surface area contributed by atoms with Crippen molar-refractivity contribution in [2.45, 2.75) is 19.4 Å². The minimum Gasteiger partial charge on any atom is -0.391 e. The Morgan fingerprint density at radius 3 is 2.75 bits per heavy atom. The molecule has 0 radical (unpaired) electrons. The van der Waals surface area contributed by atoms with E-state index in [4.69, 9.17) is 0 Å². The van der Waals surface area contributed by atoms with Crippen LogP contribution in [0.5, 0.6) is 0 Å². The van der Waals surface area contributed by atoms with E-state index in [9.17, 15) is 18.7 Å². The van der Waals surface area contributed by atoms with Gasteiger partial charge in [0, 0.05) is 12.6 Å². The van der Waals surface area contributed by atoms with E-state index in [1.54, 1.807) is 6.92 Å². The topological polar surface area (TPSA) is 49.3 Å². The van der Waals surface area contributed by atoms with Crippen molar-refractivity contribution in [1.82, 2.24) is 5.32 Å². The molecule has 16 heavy (non-hydrogen) atoms. The Morgan fingerprint density at radius 1 is 1.50 bits per heavy atom. The minimum absolute atomic E-state index is 0.0478. The number of rotatable bonds is 4. The molecule has 88 valence electrons. The van der Waals surface area contributed by atoms with Gasteiger partial charge in [-0.25, -0.2) is 8.78 Å². The van der Waals surface area contributed by atoms with Crippen LogP contribution in [-0.2, 0) is 0 Å². The molecule has 0 spiro atoms. The van der Waals surface area contributed by atoms with Gasteiger partial charge in [-0.2, -0.15) is 0 Å². The summed E-state index contributed by atoms with van der Waals surface area (Å²) in [6, 6.07) is 2.72. The first-order valence-corrected chi connectivity index (χ1v) is 4.96. The summed E-state index contributed by atoms with van der Waals surface area (Å²) in [5.41, 5.74) is -0.232. The Balaban J connectivity index is 2.66. The average Bonchev–Trinajstić information content (AvgIpc) is 2.25. The molecule has 0 aliphatic heterocycles. The third kappa shape index (κ3) is 3.27. The number of aliphatic hydroxyl groups is 1. The lowest BCUT2D eigenvalue weighted by molar-refractivity contribution is 0.0910. The van der Waals surface area contributed by atoms with Gasteiger partial charge in [-0.1, -0.05) is 6.92 Å². The van der Waals surface area contributed by atoms with Crippen molar-refractivity contribution in [3.05, 3.63) is 35.4 Å². The van der Waals surface area contributed by atoms with E-state index in [1.807, 2.05) is 0 Å². The van der Waals surface area contributed by atoms with Crippen molar-refractivity contribution in [1.29, 1.82) is 0 Å². The molecular weight excluding hydrogens is 216 g/mol. The quantitative estimate of drug-likeness (QED) is 0.821. The van der Waals surface area contributed by atoms with Crippen molar-refractivity contribution in [3.63, 3.8) is 0 Å². The van der Waals surface area contributed by atoms with Gasteiger partial charge in [0.1, 0.15) is 11.6 Å². The zero-order chi connectivity index (χ0) is 12.1. The normalized spacial score (nSPS) is 12.2. The van der Waals surface area contributed by atoms with Gasteiger partial charge in [-0.15, -0.1) is 0 Å². The molecule has 1 amide bonds. The maximum absolute atomic E-state index is 13.1. The molecule has 1 aromatic carbocycles. The molecule has 0 fully saturated rings. The van der Waals surface area contributed by atoms with E-state index in [-0.39, 0.29) is 12.1 Å². The smallest absolute Gasteiger partial charge is 0.254 e. The molecule has 0 aliphatic rings. The van der Waals surface area contributed by atoms with E-state index in [0.717, 1.165) is 12.1 Å². The minimum atomic E-state index is -0.913. The monoisotopic (exact) mass is 229 g/mol. The molecule has 1 unspecified atom stereocenters. The number of hydrogen-bond donors (Lipinski definition) is 2. The van der Waals surface area contributed by atoms with Gasteiger partial charge in [0.15, 0.2) is 0 Å². The Labute approximate surface area is 92.1 Å². The Hall–Kier alpha value is -1.49. The third-order valence-electron chi connectivity index (χ3n) is 2.15. The number of halogens is 2. The van der Waals surface area contributed by atoms with Gasteiger partial charge in [-0.3, -0.25) is 4.79 Å². The molecule has 1 aromatic rings. The Kier molecular flexibility index (Phi) is 4.37. The molecule has 1 atom stereocenters. The van der Waals surface area contributed by atoms with E-state index < -0.39 is 23.6 Å². The summed E-state index contributed by atoms with van der Waals surface area (Å²) in [5.74, 6) is -2.31. The van der Waals surface area contributed by atoms with E-state index in [0.29, 0.717) is 12.5 Å². The summed E-state index contributed by atoms with van der Waals surface area (Å²) < 4.78 is 25.7. The van der Waals surface area contributed by atoms with Crippen LogP contribution in [0.2, 0.25) is 0 Å². The number of aliphatic hydroxyl groups excluding tert-OH is 1. The van der Waals surface area contributed by atoms with Crippen molar-refractivity contribution in [2.75, 3.05) is 6.54 Å². The van der Waals surface area contributed by atoms with Gasteiger partial charge in [-0.05, 0) is 18.6 Å². The summed E-state index contributed by atoms with van der Waals surface area (Å²) in [5, 5.41) is 11.6. The maximum Gasteiger partial charge on any atom is 0.254 e. The zero-order valence-electron chi connectivity index (χ0n) is 8.84. The van der Waals surface area contributed by atoms with Crippen LogP contribution in [0, 0.1) is 11.6 Å². The highest BCUT2D eigenvalue weighted by atomic mass is 19.1. The highest BCUT2D eigenvalue weighted by Gasteiger charge is 2.12. The molecule has 3 nitrogen and oxygen atoms in total. The van der Waals surface area contributed by atoms with Crippen molar-refractivity contribution in [2.24, 2.45) is 0 Å². The number of nitrogens with one attached hydrogen (secondary N) is 1. The van der Waals surface area contributed by atoms with Crippen LogP contribution in [0.4, 0.5) is 8.78 Å². The SMILES string of the molecule is CCC(O)CNC(=O)c1ccc(F)cc1F. The van der Waals surface area contributed by atoms with Crippen LogP contribution in [0.15, 0.2) is 18.2 Å². The second-order valence-corrected chi connectivity index (χ2v) is 3.40. The summed E-state index contributed by atoms with van der Waals surface area (Å²) in [6.45, 7) is 1.81. The first kappa shape index (κ1) is 12.6. The fourth-order valence-corrected chi connectivity index (χ4v) is 1.12. The number of carbonyl (C=O) groups is 1. The van der Waals surface area contributed by atoms with Gasteiger partial charge in [0.05, 0.1) is 11.7 Å². The van der Waals surface area contributed by atoms with Crippen LogP contribution in [0.25, 0.3) is 0 Å². The molecule has 0 heterocycles. The van der Waals surface area contributed by atoms with Crippen molar-refractivity contribution >= 4 is 5.91 Å². The van der Waals surface area contributed by atoms with Crippen molar-refractivity contribution < 1.29 is 18.7 Å². The third-order valence-corrected chi connectivity index (χ3v) is 2.15. The van der Waals surface area contributed by atoms with E-state index in [1.165, 1.54) is 0 Å². The van der Waals surface area contributed by atoms with Crippen LogP contribution in [0.1, 0.15) is 23.7 Å². The van der Waals surface area contributed by atoms with Gasteiger partial charge in [0.2, 0.25) is 0 Å². The standard InChI is InChI=1S/C11H13F2NO2/c1-2-8(15)6-14-11(16)9-4-3-7(12)5-10(9)13/h3-5,8,15H,2,6H2,1H3,(H,14,16). The van der Waals surface area contributed by atoms with Crippen LogP contribution in [-0.4, -0.2) is 23.7 Å². The molecule has 0 saturated carbocycles. The summed E-state index contributed by atoms with van der Waals surface area (Å²) in [6.07, 6.45) is -0.168. The fraction of sp³-hybridized carbons (Fsp3) is 0.364. The van der Waals surface area contributed by atoms with E-state index in [2.05, 4.69) is 5.32 Å². The lowest BCUT2D eigenvalue weighted by Gasteiger charge is -2.09. The molecule has 2 N–H and O–H groups in total. The highest BCUT2D eigenvalue weighted by Crippen LogP contribution is 2.09. The fourth-order valence-electron chi connectivity index (χ4n) is 1.12. The van der Waals surface area contributed by atoms with Crippen LogP contribution >= 0.6 is 0 Å². The van der Waals surface area contributed by atoms with E-state index >= 15 is 0 Å². The summed E-state index contributed by atoms with van der Waals surface area (Å²) in [4.78, 5) is 11.4. The first-order valence-electron chi connectivity index (χ1n) is 4.96. The van der Waals surface area contributed by atoms with Crippen molar-refractivity contribution in [3.8, 4) is 0 Å². The lowest BCUT2D eigenvalue weighted by Crippen LogP contribution is -2.32. The first-order chi connectivity index (χ1) is 7.54. The summed E-state index contributed by atoms with van der Waals surface area (Å²) in [7, 11) is 0. The van der Waals surface area contributed by atoms with Gasteiger partial charge < -0.3 is 10.4 Å². The summed E-state index contributed by atoms with van der Waals surface area (Å²) >= 11 is 0. The number of hydrogen-bond acceptors (Lipinski definition) is 2. The number of benzene rings is 1. The van der Waals surface area contributed by atoms with Crippen LogP contribution < -0.4 is 5.32 Å². The second kappa shape index (κ2) is 5.55. The lowest BCUT2D eigenvalue weighted by atomic mass is 10.2. The molecule has 0 bridgehead atoms. The molecule has 0 aromatic heterocycles. The van der Waals surface area contributed by atoms with Gasteiger partial charge >= 0.3 is 0 Å². The average molecular weight is 229 g/mol. The highest BCUT2D eigenvalue weighted by molar-refractivity contribution is 5.94. The molecular formula is C11H13F2NO2. The Morgan fingerprint density at radius 2 is 2.19 bits per heavy atom. The maximum atomic E-state index is 13.1. The molecule has 0 saturated heterocycles. The largest absolute Gasteiger partial charge is 0.391 e. The number of amides is 1. The zero-order valence-corrected chi connectivity index (χ0v) is 8.84. The molecule has 1 rings (SSSR count). The second-order valence-electron chi connectivity index (χ2n) is 3.40. The van der Waals surface area contributed by atoms with Gasteiger partial charge in [0.25, 0.3) is 5.91 Å². The van der Waals surface area contributed by atoms with Crippen LogP contribution in [0.3, 0.4) is 0 Å². The molecule has 0 aliphatic carbocycles. The number of carbonyl (C=O) groups excluding carboxylic acids is 1.